The van der Waals surface area contributed by atoms with Gasteiger partial charge in [-0.3, -0.25) is 4.99 Å². The molecule has 6 nitrogen and oxygen atoms in total. The third kappa shape index (κ3) is 8.59. The number of phenols is 1. The van der Waals surface area contributed by atoms with E-state index in [1.165, 1.54) is 18.4 Å². The Labute approximate surface area is 198 Å². The van der Waals surface area contributed by atoms with Crippen LogP contribution in [0, 0.1) is 0 Å². The first-order chi connectivity index (χ1) is 14.2. The number of likely N-dealkylation sites (tertiary alicyclic amines) is 1. The number of aliphatic imine (C=N–C) groups is 1. The van der Waals surface area contributed by atoms with Crippen LogP contribution in [0.25, 0.3) is 0 Å². The lowest BCUT2D eigenvalue weighted by Gasteiger charge is -2.35. The van der Waals surface area contributed by atoms with Gasteiger partial charge in [-0.15, -0.1) is 24.0 Å². The molecule has 0 saturated carbocycles. The predicted octanol–water partition coefficient (Wildman–Crippen LogP) is 3.96. The van der Waals surface area contributed by atoms with Gasteiger partial charge in [0.15, 0.2) is 5.96 Å². The van der Waals surface area contributed by atoms with Crippen molar-refractivity contribution in [3.63, 3.8) is 0 Å². The molecule has 0 aromatic heterocycles. The van der Waals surface area contributed by atoms with Crippen LogP contribution in [0.4, 0.5) is 0 Å². The second-order valence-corrected chi connectivity index (χ2v) is 8.01. The Morgan fingerprint density at radius 1 is 1.20 bits per heavy atom. The minimum atomic E-state index is 0. The van der Waals surface area contributed by atoms with Crippen LogP contribution in [0.3, 0.4) is 0 Å². The minimum absolute atomic E-state index is 0. The Bertz CT molecular complexity index is 613. The average Bonchev–Trinajstić information content (AvgIpc) is 2.77. The highest BCUT2D eigenvalue weighted by molar-refractivity contribution is 14.0. The van der Waals surface area contributed by atoms with Crippen LogP contribution >= 0.6 is 24.0 Å². The topological polar surface area (TPSA) is 66.3 Å². The van der Waals surface area contributed by atoms with Crippen molar-refractivity contribution in [3.05, 3.63) is 29.8 Å². The highest BCUT2D eigenvalue weighted by atomic mass is 127. The van der Waals surface area contributed by atoms with Gasteiger partial charge in [-0.1, -0.05) is 12.1 Å². The lowest BCUT2D eigenvalue weighted by molar-refractivity contribution is -0.0721. The smallest absolute Gasteiger partial charge is 0.193 e. The third-order valence-electron chi connectivity index (χ3n) is 5.69. The molecule has 0 amide bonds. The zero-order valence-corrected chi connectivity index (χ0v) is 20.6. The van der Waals surface area contributed by atoms with Crippen molar-refractivity contribution in [1.82, 2.24) is 10.2 Å². The van der Waals surface area contributed by atoms with Gasteiger partial charge in [0.1, 0.15) is 5.75 Å². The molecule has 2 N–H and O–H groups in total. The maximum Gasteiger partial charge on any atom is 0.193 e. The lowest BCUT2D eigenvalue weighted by atomic mass is 10.1. The normalized spacial score (nSPS) is 20.6. The van der Waals surface area contributed by atoms with E-state index in [0.29, 0.717) is 18.0 Å². The lowest BCUT2D eigenvalue weighted by Crippen LogP contribution is -2.47. The standard InChI is InChI=1S/C23H37N3O3.HI/c1-2-24-23(25-14-5-6-19-8-10-20(27)11-9-19)26-15-12-21(13-16-26)29-18-22-7-3-4-17-28-22;/h8-11,21-22,27H,2-7,12-18H2,1H3,(H,24,25);1H. The molecule has 2 aliphatic heterocycles. The fourth-order valence-corrected chi connectivity index (χ4v) is 3.97. The first kappa shape index (κ1) is 25.2. The molecule has 2 aliphatic rings. The molecule has 30 heavy (non-hydrogen) atoms. The van der Waals surface area contributed by atoms with Crippen molar-refractivity contribution in [3.8, 4) is 5.75 Å². The number of ether oxygens (including phenoxy) is 2. The van der Waals surface area contributed by atoms with Crippen molar-refractivity contribution in [1.29, 1.82) is 0 Å². The maximum absolute atomic E-state index is 9.37. The Balaban J connectivity index is 0.00000320. The number of nitrogens with one attached hydrogen (secondary N) is 1. The zero-order valence-electron chi connectivity index (χ0n) is 18.2. The molecular formula is C23H38IN3O3. The Hall–Kier alpha value is -1.06. The molecule has 7 heteroatoms. The zero-order chi connectivity index (χ0) is 20.3. The summed E-state index contributed by atoms with van der Waals surface area (Å²) in [6, 6.07) is 7.45. The van der Waals surface area contributed by atoms with Gasteiger partial charge in [-0.25, -0.2) is 0 Å². The molecule has 1 aromatic carbocycles. The van der Waals surface area contributed by atoms with Crippen molar-refractivity contribution in [2.75, 3.05) is 39.4 Å². The molecule has 2 fully saturated rings. The van der Waals surface area contributed by atoms with Gasteiger partial charge in [0.25, 0.3) is 0 Å². The van der Waals surface area contributed by atoms with Crippen LogP contribution in [-0.2, 0) is 15.9 Å². The van der Waals surface area contributed by atoms with Gasteiger partial charge in [0, 0.05) is 32.8 Å². The van der Waals surface area contributed by atoms with Gasteiger partial charge >= 0.3 is 0 Å². The van der Waals surface area contributed by atoms with Gasteiger partial charge in [-0.05, 0) is 69.6 Å². The number of guanidine groups is 1. The van der Waals surface area contributed by atoms with E-state index in [-0.39, 0.29) is 24.0 Å². The second-order valence-electron chi connectivity index (χ2n) is 8.01. The quantitative estimate of drug-likeness (QED) is 0.230. The number of hydrogen-bond acceptors (Lipinski definition) is 4. The van der Waals surface area contributed by atoms with Crippen LogP contribution in [-0.4, -0.2) is 67.6 Å². The molecule has 0 aliphatic carbocycles. The van der Waals surface area contributed by atoms with Crippen molar-refractivity contribution >= 4 is 29.9 Å². The van der Waals surface area contributed by atoms with Gasteiger partial charge in [0.05, 0.1) is 18.8 Å². The van der Waals surface area contributed by atoms with Gasteiger partial charge in [-0.2, -0.15) is 0 Å². The Morgan fingerprint density at radius 3 is 2.63 bits per heavy atom. The molecule has 3 rings (SSSR count). The summed E-state index contributed by atoms with van der Waals surface area (Å²) in [7, 11) is 0. The number of phenolic OH excluding ortho intramolecular Hbond substituents is 1. The van der Waals surface area contributed by atoms with Crippen LogP contribution in [0.1, 0.15) is 51.0 Å². The molecular weight excluding hydrogens is 493 g/mol. The highest BCUT2D eigenvalue weighted by Gasteiger charge is 2.23. The number of hydrogen-bond donors (Lipinski definition) is 2. The molecule has 1 atom stereocenters. The van der Waals surface area contributed by atoms with E-state index in [1.807, 2.05) is 12.1 Å². The summed E-state index contributed by atoms with van der Waals surface area (Å²) in [6.45, 7) is 7.41. The van der Waals surface area contributed by atoms with E-state index in [1.54, 1.807) is 12.1 Å². The first-order valence-electron chi connectivity index (χ1n) is 11.3. The molecule has 1 aromatic rings. The summed E-state index contributed by atoms with van der Waals surface area (Å²) in [5.41, 5.74) is 1.24. The highest BCUT2D eigenvalue weighted by Crippen LogP contribution is 2.18. The Morgan fingerprint density at radius 2 is 1.97 bits per heavy atom. The van der Waals surface area contributed by atoms with E-state index in [4.69, 9.17) is 14.5 Å². The number of piperidine rings is 1. The van der Waals surface area contributed by atoms with Crippen LogP contribution in [0.15, 0.2) is 29.3 Å². The van der Waals surface area contributed by atoms with E-state index in [9.17, 15) is 5.11 Å². The van der Waals surface area contributed by atoms with Gasteiger partial charge < -0.3 is 24.8 Å². The average molecular weight is 531 g/mol. The number of aromatic hydroxyl groups is 1. The maximum atomic E-state index is 9.37. The summed E-state index contributed by atoms with van der Waals surface area (Å²) < 4.78 is 11.9. The Kier molecular flexibility index (Phi) is 11.8. The van der Waals surface area contributed by atoms with Crippen LogP contribution in [0.5, 0.6) is 5.75 Å². The summed E-state index contributed by atoms with van der Waals surface area (Å²) in [4.78, 5) is 7.20. The number of benzene rings is 1. The summed E-state index contributed by atoms with van der Waals surface area (Å²) in [5, 5.41) is 12.8. The minimum Gasteiger partial charge on any atom is -0.508 e. The number of aryl methyl sites for hydroxylation is 1. The van der Waals surface area contributed by atoms with E-state index >= 15 is 0 Å². The van der Waals surface area contributed by atoms with E-state index in [2.05, 4.69) is 17.1 Å². The third-order valence-corrected chi connectivity index (χ3v) is 5.69. The molecule has 0 bridgehead atoms. The number of nitrogens with zero attached hydrogens (tertiary/aromatic N) is 2. The van der Waals surface area contributed by atoms with E-state index < -0.39 is 0 Å². The molecule has 1 unspecified atom stereocenters. The summed E-state index contributed by atoms with van der Waals surface area (Å²) >= 11 is 0. The molecule has 2 saturated heterocycles. The number of rotatable bonds is 8. The van der Waals surface area contributed by atoms with E-state index in [0.717, 1.165) is 77.5 Å². The van der Waals surface area contributed by atoms with Crippen molar-refractivity contribution < 1.29 is 14.6 Å². The molecule has 0 radical (unpaired) electrons. The largest absolute Gasteiger partial charge is 0.508 e. The second kappa shape index (κ2) is 14.1. The van der Waals surface area contributed by atoms with Gasteiger partial charge in [0.2, 0.25) is 0 Å². The predicted molar refractivity (Wildman–Crippen MR) is 132 cm³/mol. The van der Waals surface area contributed by atoms with Crippen LogP contribution < -0.4 is 5.32 Å². The monoisotopic (exact) mass is 531 g/mol. The fraction of sp³-hybridized carbons (Fsp3) is 0.696. The van der Waals surface area contributed by atoms with Crippen molar-refractivity contribution in [2.24, 2.45) is 4.99 Å². The summed E-state index contributed by atoms with van der Waals surface area (Å²) in [6.07, 6.45) is 8.31. The summed E-state index contributed by atoms with van der Waals surface area (Å²) in [5.74, 6) is 1.34. The fourth-order valence-electron chi connectivity index (χ4n) is 3.97. The first-order valence-corrected chi connectivity index (χ1v) is 11.3. The number of halogens is 1. The van der Waals surface area contributed by atoms with Crippen LogP contribution in [0.2, 0.25) is 0 Å². The SMILES string of the molecule is CCNC(=NCCCc1ccc(O)cc1)N1CCC(OCC2CCCCO2)CC1.I. The molecule has 170 valence electrons. The van der Waals surface area contributed by atoms with Crippen molar-refractivity contribution in [2.45, 2.75) is 64.1 Å². The molecule has 2 heterocycles. The molecule has 0 spiro atoms.